The fourth-order valence-electron chi connectivity index (χ4n) is 2.43. The number of amides is 2. The van der Waals surface area contributed by atoms with Gasteiger partial charge in [-0.05, 0) is 24.3 Å². The first kappa shape index (κ1) is 17.5. The van der Waals surface area contributed by atoms with Gasteiger partial charge in [-0.3, -0.25) is 9.59 Å². The van der Waals surface area contributed by atoms with E-state index in [0.717, 1.165) is 11.3 Å². The van der Waals surface area contributed by atoms with E-state index >= 15 is 0 Å². The summed E-state index contributed by atoms with van der Waals surface area (Å²) < 4.78 is 10.6. The molecular weight excluding hydrogens is 368 g/mol. The second kappa shape index (κ2) is 7.71. The summed E-state index contributed by atoms with van der Waals surface area (Å²) in [7, 11) is 0. The minimum Gasteiger partial charge on any atom is -0.459 e. The lowest BCUT2D eigenvalue weighted by atomic mass is 10.3. The number of furan rings is 1. The Morgan fingerprint density at radius 3 is 2.44 bits per heavy atom. The van der Waals surface area contributed by atoms with Gasteiger partial charge < -0.3 is 19.0 Å². The summed E-state index contributed by atoms with van der Waals surface area (Å²) in [5.41, 5.74) is 0. The van der Waals surface area contributed by atoms with Crippen LogP contribution in [0.25, 0.3) is 0 Å². The number of carbonyl (C=O) groups is 3. The molecule has 2 aromatic rings. The van der Waals surface area contributed by atoms with Crippen molar-refractivity contribution < 1.29 is 23.5 Å². The molecule has 1 fully saturated rings. The minimum atomic E-state index is -0.572. The summed E-state index contributed by atoms with van der Waals surface area (Å²) in [4.78, 5) is 39.7. The highest BCUT2D eigenvalue weighted by Crippen LogP contribution is 2.22. The van der Waals surface area contributed by atoms with Gasteiger partial charge in [0.05, 0.1) is 10.6 Å². The number of halogens is 1. The van der Waals surface area contributed by atoms with Gasteiger partial charge in [0.1, 0.15) is 4.88 Å². The molecule has 0 N–H and O–H groups in total. The lowest BCUT2D eigenvalue weighted by Gasteiger charge is -2.34. The zero-order chi connectivity index (χ0) is 17.8. The lowest BCUT2D eigenvalue weighted by Crippen LogP contribution is -2.51. The van der Waals surface area contributed by atoms with Gasteiger partial charge in [0, 0.05) is 26.2 Å². The van der Waals surface area contributed by atoms with Crippen molar-refractivity contribution >= 4 is 40.7 Å². The highest BCUT2D eigenvalue weighted by molar-refractivity contribution is 7.17. The normalized spacial score (nSPS) is 14.4. The monoisotopic (exact) mass is 382 g/mol. The summed E-state index contributed by atoms with van der Waals surface area (Å²) >= 11 is 6.86. The Labute approximate surface area is 152 Å². The molecule has 2 amide bonds. The Balaban J connectivity index is 1.45. The molecule has 0 radical (unpaired) electrons. The average molecular weight is 383 g/mol. The van der Waals surface area contributed by atoms with Crippen LogP contribution in [-0.2, 0) is 9.53 Å². The van der Waals surface area contributed by atoms with E-state index in [4.69, 9.17) is 20.8 Å². The van der Waals surface area contributed by atoms with E-state index in [1.54, 1.807) is 34.1 Å². The van der Waals surface area contributed by atoms with Gasteiger partial charge in [0.2, 0.25) is 0 Å². The third kappa shape index (κ3) is 4.21. The molecule has 0 atom stereocenters. The van der Waals surface area contributed by atoms with Crippen molar-refractivity contribution in [3.8, 4) is 0 Å². The molecule has 1 saturated heterocycles. The maximum atomic E-state index is 12.2. The van der Waals surface area contributed by atoms with Crippen molar-refractivity contribution in [1.29, 1.82) is 0 Å². The predicted octanol–water partition coefficient (Wildman–Crippen LogP) is 2.14. The number of piperazine rings is 1. The van der Waals surface area contributed by atoms with Gasteiger partial charge in [-0.2, -0.15) is 0 Å². The second-order valence-corrected chi connectivity index (χ2v) is 7.05. The van der Waals surface area contributed by atoms with E-state index in [2.05, 4.69) is 0 Å². The van der Waals surface area contributed by atoms with Crippen LogP contribution in [0.15, 0.2) is 34.9 Å². The molecule has 0 aliphatic carbocycles. The van der Waals surface area contributed by atoms with Crippen LogP contribution in [0.5, 0.6) is 0 Å². The van der Waals surface area contributed by atoms with Crippen LogP contribution in [-0.4, -0.2) is 60.4 Å². The van der Waals surface area contributed by atoms with Crippen molar-refractivity contribution in [2.45, 2.75) is 0 Å². The fraction of sp³-hybridized carbons (Fsp3) is 0.312. The number of carbonyl (C=O) groups excluding carboxylic acids is 3. The third-order valence-corrected chi connectivity index (χ3v) is 4.96. The fourth-order valence-corrected chi connectivity index (χ4v) is 3.37. The van der Waals surface area contributed by atoms with Gasteiger partial charge >= 0.3 is 5.97 Å². The van der Waals surface area contributed by atoms with Crippen molar-refractivity contribution in [2.24, 2.45) is 0 Å². The summed E-state index contributed by atoms with van der Waals surface area (Å²) in [6, 6.07) is 6.41. The lowest BCUT2D eigenvalue weighted by molar-refractivity contribution is -0.136. The maximum Gasteiger partial charge on any atom is 0.348 e. The van der Waals surface area contributed by atoms with Gasteiger partial charge in [-0.1, -0.05) is 11.6 Å². The first-order valence-corrected chi connectivity index (χ1v) is 8.77. The standard InChI is InChI=1S/C16H15ClN2O5S/c17-13-4-3-12(25-13)16(22)24-10-14(20)18-5-7-19(8-6-18)15(21)11-2-1-9-23-11/h1-4,9H,5-8,10H2. The molecule has 3 rings (SSSR count). The van der Waals surface area contributed by atoms with Crippen LogP contribution in [0, 0.1) is 0 Å². The maximum absolute atomic E-state index is 12.2. The van der Waals surface area contributed by atoms with E-state index in [9.17, 15) is 14.4 Å². The van der Waals surface area contributed by atoms with Crippen molar-refractivity contribution in [3.63, 3.8) is 0 Å². The SMILES string of the molecule is O=C(OCC(=O)N1CCN(C(=O)c2ccco2)CC1)c1ccc(Cl)s1. The number of esters is 1. The van der Waals surface area contributed by atoms with E-state index in [0.29, 0.717) is 35.4 Å². The molecule has 7 nitrogen and oxygen atoms in total. The van der Waals surface area contributed by atoms with Gasteiger partial charge in [0.25, 0.3) is 11.8 Å². The number of ether oxygens (including phenoxy) is 1. The zero-order valence-electron chi connectivity index (χ0n) is 13.1. The predicted molar refractivity (Wildman–Crippen MR) is 90.8 cm³/mol. The van der Waals surface area contributed by atoms with Crippen LogP contribution < -0.4 is 0 Å². The molecule has 0 saturated carbocycles. The smallest absolute Gasteiger partial charge is 0.348 e. The molecule has 2 aromatic heterocycles. The molecule has 0 aromatic carbocycles. The molecule has 9 heteroatoms. The van der Waals surface area contributed by atoms with E-state index in [1.165, 1.54) is 6.26 Å². The Hall–Kier alpha value is -2.32. The van der Waals surface area contributed by atoms with Crippen LogP contribution in [0.2, 0.25) is 4.34 Å². The second-order valence-electron chi connectivity index (χ2n) is 5.33. The molecule has 0 spiro atoms. The average Bonchev–Trinajstić information content (AvgIpc) is 3.30. The van der Waals surface area contributed by atoms with E-state index < -0.39 is 5.97 Å². The Morgan fingerprint density at radius 1 is 1.12 bits per heavy atom. The molecule has 3 heterocycles. The number of thiophene rings is 1. The van der Waals surface area contributed by atoms with Crippen LogP contribution in [0.4, 0.5) is 0 Å². The first-order valence-electron chi connectivity index (χ1n) is 7.57. The highest BCUT2D eigenvalue weighted by Gasteiger charge is 2.26. The summed E-state index contributed by atoms with van der Waals surface area (Å²) in [5, 5.41) is 0. The summed E-state index contributed by atoms with van der Waals surface area (Å²) in [6.07, 6.45) is 1.45. The first-order chi connectivity index (χ1) is 12.0. The molecule has 1 aliphatic rings. The third-order valence-electron chi connectivity index (χ3n) is 3.75. The topological polar surface area (TPSA) is 80.1 Å². The highest BCUT2D eigenvalue weighted by atomic mass is 35.5. The van der Waals surface area contributed by atoms with Crippen LogP contribution in [0.1, 0.15) is 20.2 Å². The van der Waals surface area contributed by atoms with Crippen molar-refractivity contribution in [3.05, 3.63) is 45.5 Å². The Morgan fingerprint density at radius 2 is 1.84 bits per heavy atom. The summed E-state index contributed by atoms with van der Waals surface area (Å²) in [6.45, 7) is 1.24. The van der Waals surface area contributed by atoms with Crippen molar-refractivity contribution in [1.82, 2.24) is 9.80 Å². The summed E-state index contributed by atoms with van der Waals surface area (Å²) in [5.74, 6) is -0.778. The van der Waals surface area contributed by atoms with Gasteiger partial charge in [-0.25, -0.2) is 4.79 Å². The Kier molecular flexibility index (Phi) is 5.40. The quantitative estimate of drug-likeness (QED) is 0.757. The van der Waals surface area contributed by atoms with E-state index in [-0.39, 0.29) is 24.2 Å². The van der Waals surface area contributed by atoms with Gasteiger partial charge in [-0.15, -0.1) is 11.3 Å². The number of rotatable bonds is 4. The molecule has 132 valence electrons. The Bertz CT molecular complexity index is 765. The molecule has 0 bridgehead atoms. The molecule has 1 aliphatic heterocycles. The largest absolute Gasteiger partial charge is 0.459 e. The van der Waals surface area contributed by atoms with Crippen LogP contribution in [0.3, 0.4) is 0 Å². The molecular formula is C16H15ClN2O5S. The van der Waals surface area contributed by atoms with Crippen LogP contribution >= 0.6 is 22.9 Å². The van der Waals surface area contributed by atoms with E-state index in [1.807, 2.05) is 0 Å². The zero-order valence-corrected chi connectivity index (χ0v) is 14.7. The number of hydrogen-bond acceptors (Lipinski definition) is 6. The number of nitrogens with zero attached hydrogens (tertiary/aromatic N) is 2. The molecule has 0 unspecified atom stereocenters. The minimum absolute atomic E-state index is 0.196. The van der Waals surface area contributed by atoms with Crippen molar-refractivity contribution in [2.75, 3.05) is 32.8 Å². The number of hydrogen-bond donors (Lipinski definition) is 0. The van der Waals surface area contributed by atoms with Gasteiger partial charge in [0.15, 0.2) is 12.4 Å². The molecule has 25 heavy (non-hydrogen) atoms.